The monoisotopic (exact) mass is 383 g/mol. The molecule has 2 nitrogen and oxygen atoms in total. The van der Waals surface area contributed by atoms with Crippen molar-refractivity contribution in [3.05, 3.63) is 29.3 Å². The van der Waals surface area contributed by atoms with Crippen LogP contribution in [0, 0.1) is 0 Å². The number of phenols is 1. The Balaban J connectivity index is 0.00000264. The first-order valence-electron chi connectivity index (χ1n) is 9.33. The molecule has 1 aliphatic rings. The maximum Gasteiger partial charge on any atom is 0.115 e. The first kappa shape index (κ1) is 20.5. The number of rotatable bonds is 10. The summed E-state index contributed by atoms with van der Waals surface area (Å²) in [5, 5.41) is 13.3. The average Bonchev–Trinajstić information content (AvgIpc) is 2.53. The highest BCUT2D eigenvalue weighted by Crippen LogP contribution is 2.25. The molecule has 0 saturated heterocycles. The van der Waals surface area contributed by atoms with Crippen LogP contribution in [0.4, 0.5) is 0 Å². The van der Waals surface area contributed by atoms with E-state index in [0.29, 0.717) is 11.8 Å². The molecular formula is C20H34BrNO. The van der Waals surface area contributed by atoms with Gasteiger partial charge in [0.2, 0.25) is 0 Å². The summed E-state index contributed by atoms with van der Waals surface area (Å²) < 4.78 is 0. The molecule has 0 aromatic heterocycles. The summed E-state index contributed by atoms with van der Waals surface area (Å²) in [6.45, 7) is 3.42. The van der Waals surface area contributed by atoms with Gasteiger partial charge >= 0.3 is 0 Å². The second kappa shape index (κ2) is 11.9. The van der Waals surface area contributed by atoms with Crippen molar-refractivity contribution in [2.24, 2.45) is 0 Å². The van der Waals surface area contributed by atoms with Gasteiger partial charge in [0.05, 0.1) is 0 Å². The Kier molecular flexibility index (Phi) is 10.6. The van der Waals surface area contributed by atoms with E-state index in [1.807, 2.05) is 12.1 Å². The number of hydrogen-bond donors (Lipinski definition) is 2. The summed E-state index contributed by atoms with van der Waals surface area (Å²) >= 11 is 0. The van der Waals surface area contributed by atoms with E-state index >= 15 is 0 Å². The molecule has 1 aromatic rings. The number of aryl methyl sites for hydroxylation is 1. The maximum atomic E-state index is 9.60. The Labute approximate surface area is 152 Å². The molecule has 1 aliphatic carbocycles. The standard InChI is InChI=1S/C20H33NO.BrH/c1-2-3-4-5-6-7-8-9-14-21-19-12-10-17-11-13-20(22)16-18(17)15-19;/h11,13,16,19,21-22H,2-10,12,14-15H2,1H3;1H. The van der Waals surface area contributed by atoms with Gasteiger partial charge in [-0.25, -0.2) is 0 Å². The van der Waals surface area contributed by atoms with Crippen molar-refractivity contribution < 1.29 is 5.11 Å². The Hall–Kier alpha value is -0.540. The van der Waals surface area contributed by atoms with Crippen LogP contribution in [0.15, 0.2) is 18.2 Å². The molecule has 0 saturated carbocycles. The quantitative estimate of drug-likeness (QED) is 0.518. The molecule has 0 bridgehead atoms. The van der Waals surface area contributed by atoms with E-state index in [9.17, 15) is 5.11 Å². The van der Waals surface area contributed by atoms with Crippen LogP contribution in [0.2, 0.25) is 0 Å². The molecule has 1 aromatic carbocycles. The lowest BCUT2D eigenvalue weighted by Crippen LogP contribution is -2.35. The Morgan fingerprint density at radius 1 is 1.00 bits per heavy atom. The lowest BCUT2D eigenvalue weighted by molar-refractivity contribution is 0.441. The van der Waals surface area contributed by atoms with Gasteiger partial charge < -0.3 is 10.4 Å². The van der Waals surface area contributed by atoms with Gasteiger partial charge in [0.25, 0.3) is 0 Å². The molecule has 23 heavy (non-hydrogen) atoms. The summed E-state index contributed by atoms with van der Waals surface area (Å²) in [5.74, 6) is 0.405. The molecule has 0 amide bonds. The van der Waals surface area contributed by atoms with E-state index in [0.717, 1.165) is 19.4 Å². The molecule has 0 aliphatic heterocycles. The van der Waals surface area contributed by atoms with E-state index in [1.165, 1.54) is 68.9 Å². The predicted octanol–water partition coefficient (Wildman–Crippen LogP) is 5.56. The van der Waals surface area contributed by atoms with Crippen molar-refractivity contribution in [3.8, 4) is 5.75 Å². The van der Waals surface area contributed by atoms with Gasteiger partial charge in [-0.3, -0.25) is 0 Å². The minimum Gasteiger partial charge on any atom is -0.508 e. The van der Waals surface area contributed by atoms with Crippen molar-refractivity contribution >= 4 is 17.0 Å². The molecule has 3 heteroatoms. The van der Waals surface area contributed by atoms with E-state index in [-0.39, 0.29) is 17.0 Å². The lowest BCUT2D eigenvalue weighted by Gasteiger charge is -2.25. The number of aromatic hydroxyl groups is 1. The molecule has 1 atom stereocenters. The molecule has 132 valence electrons. The highest BCUT2D eigenvalue weighted by molar-refractivity contribution is 8.93. The summed E-state index contributed by atoms with van der Waals surface area (Å²) in [6, 6.07) is 6.44. The topological polar surface area (TPSA) is 32.3 Å². The van der Waals surface area contributed by atoms with Gasteiger partial charge in [0, 0.05) is 6.04 Å². The number of halogens is 1. The van der Waals surface area contributed by atoms with Crippen molar-refractivity contribution in [2.45, 2.75) is 83.6 Å². The van der Waals surface area contributed by atoms with Crippen molar-refractivity contribution in [3.63, 3.8) is 0 Å². The largest absolute Gasteiger partial charge is 0.508 e. The third-order valence-electron chi connectivity index (χ3n) is 4.88. The maximum absolute atomic E-state index is 9.60. The first-order chi connectivity index (χ1) is 10.8. The Morgan fingerprint density at radius 3 is 2.43 bits per heavy atom. The van der Waals surface area contributed by atoms with Crippen LogP contribution in [0.25, 0.3) is 0 Å². The number of phenolic OH excluding ortho intramolecular Hbond substituents is 1. The zero-order valence-electron chi connectivity index (χ0n) is 14.7. The van der Waals surface area contributed by atoms with Crippen LogP contribution in [-0.2, 0) is 12.8 Å². The predicted molar refractivity (Wildman–Crippen MR) is 105 cm³/mol. The molecule has 0 heterocycles. The smallest absolute Gasteiger partial charge is 0.115 e. The highest BCUT2D eigenvalue weighted by Gasteiger charge is 2.18. The van der Waals surface area contributed by atoms with Crippen molar-refractivity contribution in [1.82, 2.24) is 5.32 Å². The minimum atomic E-state index is 0. The molecule has 0 spiro atoms. The third-order valence-corrected chi connectivity index (χ3v) is 4.88. The zero-order valence-corrected chi connectivity index (χ0v) is 16.4. The number of fused-ring (bicyclic) bond motifs is 1. The second-order valence-electron chi connectivity index (χ2n) is 6.82. The Morgan fingerprint density at radius 2 is 1.70 bits per heavy atom. The normalized spacial score (nSPS) is 16.7. The van der Waals surface area contributed by atoms with Gasteiger partial charge in [-0.2, -0.15) is 0 Å². The molecular weight excluding hydrogens is 350 g/mol. The number of hydrogen-bond acceptors (Lipinski definition) is 2. The first-order valence-corrected chi connectivity index (χ1v) is 9.33. The van der Waals surface area contributed by atoms with E-state index in [2.05, 4.69) is 18.3 Å². The fourth-order valence-corrected chi connectivity index (χ4v) is 3.48. The number of unbranched alkanes of at least 4 members (excludes halogenated alkanes) is 7. The summed E-state index contributed by atoms with van der Waals surface area (Å²) in [5.41, 5.74) is 2.75. The average molecular weight is 384 g/mol. The van der Waals surface area contributed by atoms with Crippen molar-refractivity contribution in [2.75, 3.05) is 6.54 Å². The second-order valence-corrected chi connectivity index (χ2v) is 6.82. The van der Waals surface area contributed by atoms with Crippen LogP contribution in [0.3, 0.4) is 0 Å². The third kappa shape index (κ3) is 7.71. The van der Waals surface area contributed by atoms with Crippen molar-refractivity contribution in [1.29, 1.82) is 0 Å². The number of nitrogens with one attached hydrogen (secondary N) is 1. The summed E-state index contributed by atoms with van der Waals surface area (Å²) in [7, 11) is 0. The highest BCUT2D eigenvalue weighted by atomic mass is 79.9. The van der Waals surface area contributed by atoms with E-state index in [4.69, 9.17) is 0 Å². The van der Waals surface area contributed by atoms with Crippen LogP contribution in [-0.4, -0.2) is 17.7 Å². The summed E-state index contributed by atoms with van der Waals surface area (Å²) in [4.78, 5) is 0. The minimum absolute atomic E-state index is 0. The lowest BCUT2D eigenvalue weighted by atomic mass is 9.88. The molecule has 2 rings (SSSR count). The zero-order chi connectivity index (χ0) is 15.6. The van der Waals surface area contributed by atoms with Crippen LogP contribution < -0.4 is 5.32 Å². The van der Waals surface area contributed by atoms with Gasteiger partial charge in [0.1, 0.15) is 5.75 Å². The molecule has 2 N–H and O–H groups in total. The van der Waals surface area contributed by atoms with Crippen LogP contribution >= 0.6 is 17.0 Å². The molecule has 1 unspecified atom stereocenters. The Bertz CT molecular complexity index is 436. The number of benzene rings is 1. The van der Waals surface area contributed by atoms with Gasteiger partial charge in [0.15, 0.2) is 0 Å². The van der Waals surface area contributed by atoms with Crippen LogP contribution in [0.1, 0.15) is 75.8 Å². The van der Waals surface area contributed by atoms with E-state index in [1.54, 1.807) is 0 Å². The van der Waals surface area contributed by atoms with Gasteiger partial charge in [-0.15, -0.1) is 17.0 Å². The van der Waals surface area contributed by atoms with Gasteiger partial charge in [-0.1, -0.05) is 57.9 Å². The molecule has 0 radical (unpaired) electrons. The van der Waals surface area contributed by atoms with Gasteiger partial charge in [-0.05, 0) is 55.5 Å². The van der Waals surface area contributed by atoms with E-state index < -0.39 is 0 Å². The fourth-order valence-electron chi connectivity index (χ4n) is 3.48. The summed E-state index contributed by atoms with van der Waals surface area (Å²) in [6.07, 6.45) is 14.5. The SMILES string of the molecule is Br.CCCCCCCCCCNC1CCc2ccc(O)cc2C1. The van der Waals surface area contributed by atoms with Crippen LogP contribution in [0.5, 0.6) is 5.75 Å². The fraction of sp³-hybridized carbons (Fsp3) is 0.700. The molecule has 0 fully saturated rings.